The summed E-state index contributed by atoms with van der Waals surface area (Å²) in [5, 5.41) is 0. The number of nitrogens with zero attached hydrogens (tertiary/aromatic N) is 3. The summed E-state index contributed by atoms with van der Waals surface area (Å²) in [5.41, 5.74) is 7.23. The number of carbonyl (C=O) groups is 1. The first kappa shape index (κ1) is 12.6. The number of hydrogen-bond donors (Lipinski definition) is 1. The zero-order valence-corrected chi connectivity index (χ0v) is 10.5. The van der Waals surface area contributed by atoms with Crippen molar-refractivity contribution < 1.29 is 9.53 Å². The van der Waals surface area contributed by atoms with Gasteiger partial charge in [-0.05, 0) is 6.07 Å². The molecule has 2 rings (SSSR count). The highest BCUT2D eigenvalue weighted by Crippen LogP contribution is 2.19. The summed E-state index contributed by atoms with van der Waals surface area (Å²) in [6.45, 7) is 2.88. The molecule has 2 heterocycles. The number of nitrogen functional groups attached to an aromatic ring is 1. The third-order valence-electron chi connectivity index (χ3n) is 2.98. The summed E-state index contributed by atoms with van der Waals surface area (Å²) in [5.74, 6) is 0.0945. The minimum absolute atomic E-state index is 0.0945. The molecule has 0 spiro atoms. The first-order chi connectivity index (χ1) is 8.68. The molecule has 0 aromatic carbocycles. The Balaban J connectivity index is 1.96. The molecule has 2 N–H and O–H groups in total. The maximum Gasteiger partial charge on any atom is 0.242 e. The minimum Gasteiger partial charge on any atom is -0.396 e. The fraction of sp³-hybridized carbons (Fsp3) is 0.500. The average Bonchev–Trinajstić information content (AvgIpc) is 2.40. The first-order valence-corrected chi connectivity index (χ1v) is 5.94. The van der Waals surface area contributed by atoms with E-state index in [0.717, 1.165) is 5.69 Å². The molecule has 6 heteroatoms. The average molecular weight is 250 g/mol. The van der Waals surface area contributed by atoms with Crippen LogP contribution in [0.25, 0.3) is 0 Å². The third kappa shape index (κ3) is 2.89. The normalized spacial score (nSPS) is 15.5. The number of rotatable bonds is 3. The van der Waals surface area contributed by atoms with Gasteiger partial charge in [0.05, 0.1) is 37.3 Å². The van der Waals surface area contributed by atoms with Crippen molar-refractivity contribution in [3.8, 4) is 0 Å². The maximum atomic E-state index is 12.1. The van der Waals surface area contributed by atoms with E-state index >= 15 is 0 Å². The van der Waals surface area contributed by atoms with Crippen LogP contribution in [-0.4, -0.2) is 55.7 Å². The molecule has 18 heavy (non-hydrogen) atoms. The van der Waals surface area contributed by atoms with Gasteiger partial charge in [-0.15, -0.1) is 0 Å². The summed E-state index contributed by atoms with van der Waals surface area (Å²) >= 11 is 0. The number of anilines is 2. The Labute approximate surface area is 106 Å². The molecule has 6 nitrogen and oxygen atoms in total. The van der Waals surface area contributed by atoms with Crippen molar-refractivity contribution in [2.24, 2.45) is 0 Å². The zero-order chi connectivity index (χ0) is 13.0. The molecule has 0 aliphatic carbocycles. The van der Waals surface area contributed by atoms with Crippen LogP contribution in [0.4, 0.5) is 11.4 Å². The molecular weight excluding hydrogens is 232 g/mol. The van der Waals surface area contributed by atoms with Crippen molar-refractivity contribution in [3.05, 3.63) is 18.5 Å². The second-order valence-electron chi connectivity index (χ2n) is 4.28. The van der Waals surface area contributed by atoms with Crippen LogP contribution in [0.15, 0.2) is 18.5 Å². The van der Waals surface area contributed by atoms with E-state index in [2.05, 4.69) is 4.98 Å². The molecule has 1 aliphatic heterocycles. The van der Waals surface area contributed by atoms with E-state index < -0.39 is 0 Å². The van der Waals surface area contributed by atoms with Crippen LogP contribution in [0.5, 0.6) is 0 Å². The van der Waals surface area contributed by atoms with Crippen LogP contribution in [0.3, 0.4) is 0 Å². The van der Waals surface area contributed by atoms with Crippen LogP contribution in [0.1, 0.15) is 0 Å². The van der Waals surface area contributed by atoms with Crippen LogP contribution < -0.4 is 10.6 Å². The zero-order valence-electron chi connectivity index (χ0n) is 10.5. The molecule has 0 bridgehead atoms. The SMILES string of the molecule is CN(CC(=O)N1CCOCC1)c1ccncc1N. The standard InChI is InChI=1S/C12H18N4O2/c1-15(11-2-3-14-8-10(11)13)9-12(17)16-4-6-18-7-5-16/h2-3,8H,4-7,9,13H2,1H3. The Morgan fingerprint density at radius 2 is 2.28 bits per heavy atom. The molecule has 1 amide bonds. The molecule has 0 saturated carbocycles. The topological polar surface area (TPSA) is 71.7 Å². The number of aromatic nitrogens is 1. The number of carbonyl (C=O) groups excluding carboxylic acids is 1. The van der Waals surface area contributed by atoms with E-state index in [1.54, 1.807) is 12.4 Å². The smallest absolute Gasteiger partial charge is 0.242 e. The van der Waals surface area contributed by atoms with Crippen molar-refractivity contribution in [3.63, 3.8) is 0 Å². The fourth-order valence-corrected chi connectivity index (χ4v) is 1.95. The van der Waals surface area contributed by atoms with Gasteiger partial charge in [-0.1, -0.05) is 0 Å². The molecule has 0 atom stereocenters. The Kier molecular flexibility index (Phi) is 3.99. The van der Waals surface area contributed by atoms with Crippen molar-refractivity contribution in [1.29, 1.82) is 0 Å². The van der Waals surface area contributed by atoms with Crippen molar-refractivity contribution >= 4 is 17.3 Å². The van der Waals surface area contributed by atoms with Gasteiger partial charge in [0, 0.05) is 26.3 Å². The Bertz CT molecular complexity index is 418. The predicted octanol–water partition coefficient (Wildman–Crippen LogP) is -0.0412. The van der Waals surface area contributed by atoms with Gasteiger partial charge in [-0.2, -0.15) is 0 Å². The minimum atomic E-state index is 0.0945. The lowest BCUT2D eigenvalue weighted by Gasteiger charge is -2.29. The van der Waals surface area contributed by atoms with E-state index in [9.17, 15) is 4.79 Å². The number of ether oxygens (including phenoxy) is 1. The number of likely N-dealkylation sites (N-methyl/N-ethyl adjacent to an activating group) is 1. The number of nitrogens with two attached hydrogens (primary N) is 1. The molecular formula is C12H18N4O2. The molecule has 1 fully saturated rings. The quantitative estimate of drug-likeness (QED) is 0.815. The Hall–Kier alpha value is -1.82. The largest absolute Gasteiger partial charge is 0.396 e. The lowest BCUT2D eigenvalue weighted by Crippen LogP contribution is -2.45. The predicted molar refractivity (Wildman–Crippen MR) is 69.3 cm³/mol. The van der Waals surface area contributed by atoms with Crippen LogP contribution in [0, 0.1) is 0 Å². The van der Waals surface area contributed by atoms with Gasteiger partial charge < -0.3 is 20.3 Å². The van der Waals surface area contributed by atoms with E-state index in [1.165, 1.54) is 0 Å². The van der Waals surface area contributed by atoms with Crippen molar-refractivity contribution in [2.45, 2.75) is 0 Å². The Morgan fingerprint density at radius 1 is 1.56 bits per heavy atom. The molecule has 1 aromatic heterocycles. The molecule has 0 radical (unpaired) electrons. The van der Waals surface area contributed by atoms with E-state index in [0.29, 0.717) is 38.5 Å². The highest BCUT2D eigenvalue weighted by atomic mass is 16.5. The first-order valence-electron chi connectivity index (χ1n) is 5.94. The van der Waals surface area contributed by atoms with Crippen LogP contribution in [0.2, 0.25) is 0 Å². The second-order valence-corrected chi connectivity index (χ2v) is 4.28. The fourth-order valence-electron chi connectivity index (χ4n) is 1.95. The molecule has 1 saturated heterocycles. The highest BCUT2D eigenvalue weighted by molar-refractivity contribution is 5.82. The highest BCUT2D eigenvalue weighted by Gasteiger charge is 2.18. The number of morpholine rings is 1. The number of hydrogen-bond acceptors (Lipinski definition) is 5. The van der Waals surface area contributed by atoms with Gasteiger partial charge in [-0.25, -0.2) is 0 Å². The van der Waals surface area contributed by atoms with Crippen molar-refractivity contribution in [1.82, 2.24) is 9.88 Å². The summed E-state index contributed by atoms with van der Waals surface area (Å²) in [4.78, 5) is 19.7. The molecule has 0 unspecified atom stereocenters. The lowest BCUT2D eigenvalue weighted by molar-refractivity contribution is -0.133. The summed E-state index contributed by atoms with van der Waals surface area (Å²) in [7, 11) is 1.85. The second kappa shape index (κ2) is 5.68. The number of amides is 1. The van der Waals surface area contributed by atoms with E-state index in [4.69, 9.17) is 10.5 Å². The lowest BCUT2D eigenvalue weighted by atomic mass is 10.3. The van der Waals surface area contributed by atoms with E-state index in [1.807, 2.05) is 22.9 Å². The van der Waals surface area contributed by atoms with Gasteiger partial charge in [0.15, 0.2) is 0 Å². The molecule has 1 aromatic rings. The summed E-state index contributed by atoms with van der Waals surface area (Å²) < 4.78 is 5.22. The van der Waals surface area contributed by atoms with E-state index in [-0.39, 0.29) is 5.91 Å². The number of pyridine rings is 1. The molecule has 1 aliphatic rings. The van der Waals surface area contributed by atoms with Gasteiger partial charge in [0.25, 0.3) is 0 Å². The third-order valence-corrected chi connectivity index (χ3v) is 2.98. The van der Waals surface area contributed by atoms with Crippen LogP contribution in [-0.2, 0) is 9.53 Å². The maximum absolute atomic E-state index is 12.1. The molecule has 98 valence electrons. The van der Waals surface area contributed by atoms with Gasteiger partial charge in [0.1, 0.15) is 0 Å². The Morgan fingerprint density at radius 3 is 2.94 bits per heavy atom. The summed E-state index contributed by atoms with van der Waals surface area (Å²) in [6.07, 6.45) is 3.26. The van der Waals surface area contributed by atoms with Crippen molar-refractivity contribution in [2.75, 3.05) is 50.5 Å². The van der Waals surface area contributed by atoms with Gasteiger partial charge in [-0.3, -0.25) is 9.78 Å². The van der Waals surface area contributed by atoms with Crippen LogP contribution >= 0.6 is 0 Å². The van der Waals surface area contributed by atoms with Gasteiger partial charge in [0.2, 0.25) is 5.91 Å². The monoisotopic (exact) mass is 250 g/mol. The summed E-state index contributed by atoms with van der Waals surface area (Å²) in [6, 6.07) is 1.81. The van der Waals surface area contributed by atoms with Gasteiger partial charge >= 0.3 is 0 Å².